The van der Waals surface area contributed by atoms with Crippen LogP contribution in [0.1, 0.15) is 6.42 Å². The summed E-state index contributed by atoms with van der Waals surface area (Å²) in [5, 5.41) is 3.89. The maximum Gasteiger partial charge on any atom is 0.138 e. The van der Waals surface area contributed by atoms with Crippen molar-refractivity contribution in [1.82, 2.24) is 5.32 Å². The number of halogens is 2. The fraction of sp³-hybridized carbons (Fsp3) is 0.500. The van der Waals surface area contributed by atoms with Gasteiger partial charge in [-0.05, 0) is 31.2 Å². The van der Waals surface area contributed by atoms with E-state index >= 15 is 0 Å². The summed E-state index contributed by atoms with van der Waals surface area (Å²) in [6, 6.07) is 5.59. The number of methoxy groups -OCH3 is 1. The summed E-state index contributed by atoms with van der Waals surface area (Å²) in [7, 11) is 1.71. The lowest BCUT2D eigenvalue weighted by Crippen LogP contribution is -2.22. The minimum absolute atomic E-state index is 0.605. The van der Waals surface area contributed by atoms with Crippen molar-refractivity contribution in [2.24, 2.45) is 0 Å². The highest BCUT2D eigenvalue weighted by molar-refractivity contribution is 9.10. The molecule has 0 spiro atoms. The van der Waals surface area contributed by atoms with Crippen LogP contribution >= 0.6 is 27.5 Å². The normalized spacial score (nSPS) is 10.5. The van der Waals surface area contributed by atoms with Crippen molar-refractivity contribution in [1.29, 1.82) is 0 Å². The molecular formula is C12H17BrClNO2. The van der Waals surface area contributed by atoms with Crippen molar-refractivity contribution in [2.45, 2.75) is 6.42 Å². The number of nitrogens with one attached hydrogen (secondary N) is 1. The van der Waals surface area contributed by atoms with Gasteiger partial charge in [-0.3, -0.25) is 0 Å². The Kier molecular flexibility index (Phi) is 7.60. The van der Waals surface area contributed by atoms with Gasteiger partial charge in [0.2, 0.25) is 0 Å². The minimum atomic E-state index is 0.605. The summed E-state index contributed by atoms with van der Waals surface area (Å²) in [6.45, 7) is 3.13. The van der Waals surface area contributed by atoms with E-state index in [-0.39, 0.29) is 0 Å². The highest BCUT2D eigenvalue weighted by Gasteiger charge is 2.01. The second-order valence-corrected chi connectivity index (χ2v) is 4.84. The van der Waals surface area contributed by atoms with E-state index in [1.54, 1.807) is 7.11 Å². The molecule has 5 heteroatoms. The first-order valence-corrected chi connectivity index (χ1v) is 6.68. The summed E-state index contributed by atoms with van der Waals surface area (Å²) >= 11 is 9.37. The van der Waals surface area contributed by atoms with Crippen molar-refractivity contribution >= 4 is 27.5 Å². The average Bonchev–Trinajstić information content (AvgIpc) is 2.30. The lowest BCUT2D eigenvalue weighted by molar-refractivity contribution is 0.193. The first-order valence-electron chi connectivity index (χ1n) is 5.51. The van der Waals surface area contributed by atoms with Crippen LogP contribution in [0.3, 0.4) is 0 Å². The van der Waals surface area contributed by atoms with Crippen LogP contribution in [0.4, 0.5) is 0 Å². The Balaban J connectivity index is 2.14. The van der Waals surface area contributed by atoms with Crippen LogP contribution < -0.4 is 10.1 Å². The summed E-state index contributed by atoms with van der Waals surface area (Å²) in [6.07, 6.45) is 1.01. The van der Waals surface area contributed by atoms with Gasteiger partial charge in [-0.15, -0.1) is 0 Å². The number of rotatable bonds is 8. The Morgan fingerprint density at radius 1 is 1.29 bits per heavy atom. The first kappa shape index (κ1) is 14.8. The van der Waals surface area contributed by atoms with E-state index in [2.05, 4.69) is 21.2 Å². The van der Waals surface area contributed by atoms with Crippen molar-refractivity contribution in [3.63, 3.8) is 0 Å². The molecule has 0 aromatic heterocycles. The Bertz CT molecular complexity index is 336. The van der Waals surface area contributed by atoms with Crippen molar-refractivity contribution in [3.05, 3.63) is 27.7 Å². The summed E-state index contributed by atoms with van der Waals surface area (Å²) < 4.78 is 11.5. The molecule has 0 amide bonds. The molecule has 1 aromatic rings. The molecule has 0 radical (unpaired) electrons. The van der Waals surface area contributed by atoms with E-state index in [0.29, 0.717) is 17.4 Å². The number of hydrogen-bond acceptors (Lipinski definition) is 3. The van der Waals surface area contributed by atoms with Crippen LogP contribution in [0, 0.1) is 0 Å². The third-order valence-electron chi connectivity index (χ3n) is 2.13. The van der Waals surface area contributed by atoms with Crippen LogP contribution in [-0.2, 0) is 4.74 Å². The zero-order valence-electron chi connectivity index (χ0n) is 9.84. The summed E-state index contributed by atoms with van der Waals surface area (Å²) in [5.74, 6) is 0.716. The molecule has 3 nitrogen and oxygen atoms in total. The van der Waals surface area contributed by atoms with Crippen LogP contribution in [0.5, 0.6) is 5.75 Å². The zero-order chi connectivity index (χ0) is 12.5. The van der Waals surface area contributed by atoms with Gasteiger partial charge in [0.05, 0.1) is 5.02 Å². The van der Waals surface area contributed by atoms with Crippen LogP contribution in [0.15, 0.2) is 22.7 Å². The van der Waals surface area contributed by atoms with Crippen LogP contribution in [0.25, 0.3) is 0 Å². The highest BCUT2D eigenvalue weighted by atomic mass is 79.9. The molecule has 0 saturated heterocycles. The van der Waals surface area contributed by atoms with E-state index in [1.165, 1.54) is 0 Å². The van der Waals surface area contributed by atoms with Crippen molar-refractivity contribution in [2.75, 3.05) is 33.4 Å². The quantitative estimate of drug-likeness (QED) is 0.746. The van der Waals surface area contributed by atoms with Crippen LogP contribution in [-0.4, -0.2) is 33.4 Å². The second-order valence-electron chi connectivity index (χ2n) is 3.52. The maximum absolute atomic E-state index is 6.02. The molecule has 1 aromatic carbocycles. The molecule has 0 unspecified atom stereocenters. The number of benzene rings is 1. The zero-order valence-corrected chi connectivity index (χ0v) is 12.2. The van der Waals surface area contributed by atoms with E-state index in [9.17, 15) is 0 Å². The maximum atomic E-state index is 6.02. The second kappa shape index (κ2) is 8.75. The Labute approximate surface area is 116 Å². The molecule has 0 heterocycles. The molecule has 1 N–H and O–H groups in total. The Hall–Kier alpha value is -0.290. The molecule has 0 aliphatic rings. The molecule has 17 heavy (non-hydrogen) atoms. The third-order valence-corrected chi connectivity index (χ3v) is 2.92. The van der Waals surface area contributed by atoms with Gasteiger partial charge in [0, 0.05) is 24.7 Å². The molecule has 0 aliphatic heterocycles. The predicted octanol–water partition coefficient (Wildman–Crippen LogP) is 3.11. The van der Waals surface area contributed by atoms with Gasteiger partial charge in [0.25, 0.3) is 0 Å². The van der Waals surface area contributed by atoms with E-state index < -0.39 is 0 Å². The Morgan fingerprint density at radius 3 is 2.82 bits per heavy atom. The molecule has 0 saturated carbocycles. The third kappa shape index (κ3) is 6.27. The van der Waals surface area contributed by atoms with E-state index in [1.807, 2.05) is 18.2 Å². The lowest BCUT2D eigenvalue weighted by Gasteiger charge is -2.09. The smallest absolute Gasteiger partial charge is 0.138 e. The molecule has 0 atom stereocenters. The predicted molar refractivity (Wildman–Crippen MR) is 74.0 cm³/mol. The van der Waals surface area contributed by atoms with Gasteiger partial charge >= 0.3 is 0 Å². The van der Waals surface area contributed by atoms with Crippen LogP contribution in [0.2, 0.25) is 5.02 Å². The van der Waals surface area contributed by atoms with Crippen molar-refractivity contribution < 1.29 is 9.47 Å². The van der Waals surface area contributed by atoms with E-state index in [0.717, 1.165) is 30.6 Å². The van der Waals surface area contributed by atoms with Gasteiger partial charge in [-0.1, -0.05) is 27.5 Å². The molecule has 0 fully saturated rings. The fourth-order valence-electron chi connectivity index (χ4n) is 1.29. The topological polar surface area (TPSA) is 30.5 Å². The number of ether oxygens (including phenoxy) is 2. The largest absolute Gasteiger partial charge is 0.491 e. The number of hydrogen-bond donors (Lipinski definition) is 1. The molecule has 0 aliphatic carbocycles. The van der Waals surface area contributed by atoms with Crippen molar-refractivity contribution in [3.8, 4) is 5.75 Å². The highest BCUT2D eigenvalue weighted by Crippen LogP contribution is 2.27. The van der Waals surface area contributed by atoms with Gasteiger partial charge in [0.1, 0.15) is 12.4 Å². The average molecular weight is 323 g/mol. The molecule has 96 valence electrons. The first-order chi connectivity index (χ1) is 8.24. The molecule has 1 rings (SSSR count). The van der Waals surface area contributed by atoms with Gasteiger partial charge < -0.3 is 14.8 Å². The monoisotopic (exact) mass is 321 g/mol. The SMILES string of the molecule is COCCCNCCOc1ccc(Br)cc1Cl. The lowest BCUT2D eigenvalue weighted by atomic mass is 10.3. The molecular weight excluding hydrogens is 305 g/mol. The van der Waals surface area contributed by atoms with Gasteiger partial charge in [-0.2, -0.15) is 0 Å². The minimum Gasteiger partial charge on any atom is -0.491 e. The molecule has 0 bridgehead atoms. The fourth-order valence-corrected chi connectivity index (χ4v) is 2.02. The van der Waals surface area contributed by atoms with Gasteiger partial charge in [0.15, 0.2) is 0 Å². The van der Waals surface area contributed by atoms with Gasteiger partial charge in [-0.25, -0.2) is 0 Å². The summed E-state index contributed by atoms with van der Waals surface area (Å²) in [5.41, 5.74) is 0. The standard InChI is InChI=1S/C12H17BrClNO2/c1-16-7-2-5-15-6-8-17-12-4-3-10(13)9-11(12)14/h3-4,9,15H,2,5-8H2,1H3. The Morgan fingerprint density at radius 2 is 2.12 bits per heavy atom. The summed E-state index contributed by atoms with van der Waals surface area (Å²) in [4.78, 5) is 0. The van der Waals surface area contributed by atoms with E-state index in [4.69, 9.17) is 21.1 Å².